The van der Waals surface area contributed by atoms with Gasteiger partial charge in [-0.1, -0.05) is 94.1 Å². The number of benzene rings is 2. The highest BCUT2D eigenvalue weighted by Gasteiger charge is 2.57. The van der Waals surface area contributed by atoms with Crippen molar-refractivity contribution < 1.29 is 0 Å². The van der Waals surface area contributed by atoms with Crippen LogP contribution in [-0.2, 0) is 6.42 Å². The molecule has 0 N–H and O–H groups in total. The standard InChI is InChI=1S/C13H12S.C8H10.C2H6/c1-2-14-13-11-8-10(12(11)13)9-6-4-3-5-7-9;1-2-8-6-4-3-5-7-8;1-2/h2-8,11-13H,1H2;3-7H,2H2,1H3;1-2H3. The summed E-state index contributed by atoms with van der Waals surface area (Å²) in [6, 6.07) is 21.2. The van der Waals surface area contributed by atoms with Crippen molar-refractivity contribution in [2.45, 2.75) is 32.4 Å². The normalized spacial score (nSPS) is 22.3. The molecule has 24 heavy (non-hydrogen) atoms. The highest BCUT2D eigenvalue weighted by atomic mass is 32.2. The fraction of sp³-hybridized carbons (Fsp3) is 0.304. The largest absolute Gasteiger partial charge is 0.130 e. The molecule has 0 aliphatic heterocycles. The van der Waals surface area contributed by atoms with Gasteiger partial charge in [-0.25, -0.2) is 0 Å². The zero-order valence-corrected chi connectivity index (χ0v) is 15.8. The minimum absolute atomic E-state index is 0.794. The Hall–Kier alpha value is -1.73. The molecule has 0 amide bonds. The van der Waals surface area contributed by atoms with Crippen LogP contribution in [-0.4, -0.2) is 5.25 Å². The van der Waals surface area contributed by atoms with Crippen LogP contribution >= 0.6 is 11.8 Å². The number of allylic oxidation sites excluding steroid dienone is 2. The van der Waals surface area contributed by atoms with Crippen molar-refractivity contribution in [1.29, 1.82) is 0 Å². The SMILES string of the molecule is C=CSC1C2C=C(c3ccccc3)C21.CC.CCc1ccccc1. The number of fused-ring (bicyclic) bond motifs is 1. The monoisotopic (exact) mass is 336 g/mol. The van der Waals surface area contributed by atoms with E-state index in [-0.39, 0.29) is 0 Å². The molecule has 2 aliphatic rings. The Balaban J connectivity index is 0.000000179. The molecule has 0 heterocycles. The maximum absolute atomic E-state index is 3.78. The molecular weight excluding hydrogens is 308 g/mol. The molecule has 2 aliphatic carbocycles. The smallest absolute Gasteiger partial charge is 0.0232 e. The van der Waals surface area contributed by atoms with Crippen LogP contribution in [0.1, 0.15) is 31.9 Å². The van der Waals surface area contributed by atoms with Crippen LogP contribution in [0.4, 0.5) is 0 Å². The van der Waals surface area contributed by atoms with Crippen molar-refractivity contribution in [3.63, 3.8) is 0 Å². The Morgan fingerprint density at radius 3 is 2.04 bits per heavy atom. The third kappa shape index (κ3) is 4.42. The Labute approximate surface area is 151 Å². The van der Waals surface area contributed by atoms with Gasteiger partial charge in [-0.15, -0.1) is 11.8 Å². The first-order valence-electron chi connectivity index (χ1n) is 8.92. The molecule has 1 fully saturated rings. The van der Waals surface area contributed by atoms with Gasteiger partial charge in [0.1, 0.15) is 0 Å². The van der Waals surface area contributed by atoms with Crippen LogP contribution in [0.5, 0.6) is 0 Å². The topological polar surface area (TPSA) is 0 Å². The highest BCUT2D eigenvalue weighted by molar-refractivity contribution is 8.03. The van der Waals surface area contributed by atoms with E-state index in [1.54, 1.807) is 5.57 Å². The van der Waals surface area contributed by atoms with E-state index in [9.17, 15) is 0 Å². The Kier molecular flexibility index (Phi) is 7.39. The predicted molar refractivity (Wildman–Crippen MR) is 110 cm³/mol. The fourth-order valence-corrected chi connectivity index (χ4v) is 4.07. The molecule has 126 valence electrons. The quantitative estimate of drug-likeness (QED) is 0.588. The van der Waals surface area contributed by atoms with Gasteiger partial charge in [0.05, 0.1) is 0 Å². The lowest BCUT2D eigenvalue weighted by molar-refractivity contribution is 0.934. The van der Waals surface area contributed by atoms with E-state index in [1.807, 2.05) is 37.1 Å². The van der Waals surface area contributed by atoms with E-state index in [2.05, 4.69) is 74.2 Å². The third-order valence-electron chi connectivity index (χ3n) is 4.35. The molecule has 0 saturated heterocycles. The summed E-state index contributed by atoms with van der Waals surface area (Å²) in [5, 5.41) is 2.77. The molecular formula is C23H28S. The van der Waals surface area contributed by atoms with Gasteiger partial charge >= 0.3 is 0 Å². The summed E-state index contributed by atoms with van der Waals surface area (Å²) in [6.45, 7) is 9.94. The van der Waals surface area contributed by atoms with Crippen LogP contribution in [0, 0.1) is 11.8 Å². The van der Waals surface area contributed by atoms with Gasteiger partial charge in [-0.2, -0.15) is 0 Å². The minimum atomic E-state index is 0.794. The van der Waals surface area contributed by atoms with E-state index in [4.69, 9.17) is 0 Å². The molecule has 0 nitrogen and oxygen atoms in total. The molecule has 2 aromatic rings. The Bertz CT molecular complexity index is 642. The van der Waals surface area contributed by atoms with Gasteiger partial charge in [-0.05, 0) is 34.4 Å². The van der Waals surface area contributed by atoms with Gasteiger partial charge in [0, 0.05) is 11.2 Å². The zero-order chi connectivity index (χ0) is 17.4. The fourth-order valence-electron chi connectivity index (χ4n) is 3.01. The lowest BCUT2D eigenvalue weighted by Crippen LogP contribution is -1.97. The molecule has 2 aromatic carbocycles. The van der Waals surface area contributed by atoms with E-state index in [0.717, 1.165) is 23.5 Å². The second-order valence-corrected chi connectivity index (χ2v) is 6.85. The van der Waals surface area contributed by atoms with E-state index in [1.165, 1.54) is 11.1 Å². The average molecular weight is 337 g/mol. The van der Waals surface area contributed by atoms with Crippen molar-refractivity contribution in [3.8, 4) is 0 Å². The minimum Gasteiger partial charge on any atom is -0.130 e. The summed E-state index contributed by atoms with van der Waals surface area (Å²) in [6.07, 6.45) is 3.56. The van der Waals surface area contributed by atoms with Gasteiger partial charge in [0.25, 0.3) is 0 Å². The van der Waals surface area contributed by atoms with Crippen molar-refractivity contribution in [3.05, 3.63) is 89.9 Å². The summed E-state index contributed by atoms with van der Waals surface area (Å²) in [5.41, 5.74) is 4.36. The number of hydrogen-bond donors (Lipinski definition) is 0. The molecule has 3 unspecified atom stereocenters. The van der Waals surface area contributed by atoms with Crippen LogP contribution < -0.4 is 0 Å². The van der Waals surface area contributed by atoms with Gasteiger partial charge in [0.15, 0.2) is 0 Å². The molecule has 4 rings (SSSR count). The number of rotatable bonds is 4. The first kappa shape index (κ1) is 18.6. The third-order valence-corrected chi connectivity index (χ3v) is 5.46. The second-order valence-electron chi connectivity index (χ2n) is 5.70. The van der Waals surface area contributed by atoms with Crippen molar-refractivity contribution in [2.24, 2.45) is 11.8 Å². The zero-order valence-electron chi connectivity index (χ0n) is 15.0. The van der Waals surface area contributed by atoms with E-state index >= 15 is 0 Å². The van der Waals surface area contributed by atoms with Crippen molar-refractivity contribution in [2.75, 3.05) is 0 Å². The molecule has 0 bridgehead atoms. The van der Waals surface area contributed by atoms with E-state index < -0.39 is 0 Å². The summed E-state index contributed by atoms with van der Waals surface area (Å²) in [7, 11) is 0. The second kappa shape index (κ2) is 9.54. The maximum atomic E-state index is 3.78. The first-order valence-corrected chi connectivity index (χ1v) is 9.87. The van der Waals surface area contributed by atoms with Crippen LogP contribution in [0.2, 0.25) is 0 Å². The maximum Gasteiger partial charge on any atom is 0.0232 e. The molecule has 0 radical (unpaired) electrons. The predicted octanol–water partition coefficient (Wildman–Crippen LogP) is 6.85. The molecule has 3 atom stereocenters. The van der Waals surface area contributed by atoms with Crippen molar-refractivity contribution >= 4 is 17.3 Å². The summed E-state index contributed by atoms with van der Waals surface area (Å²) >= 11 is 1.89. The molecule has 0 spiro atoms. The van der Waals surface area contributed by atoms with Gasteiger partial charge in [-0.3, -0.25) is 0 Å². The summed E-state index contributed by atoms with van der Waals surface area (Å²) in [4.78, 5) is 0. The lowest BCUT2D eigenvalue weighted by Gasteiger charge is -2.12. The molecule has 1 saturated carbocycles. The van der Waals surface area contributed by atoms with Crippen LogP contribution in [0.15, 0.2) is 78.7 Å². The average Bonchev–Trinajstić information content (AvgIpc) is 3.20. The number of hydrogen-bond acceptors (Lipinski definition) is 1. The molecule has 0 aromatic heterocycles. The molecule has 1 heteroatoms. The van der Waals surface area contributed by atoms with Crippen molar-refractivity contribution in [1.82, 2.24) is 0 Å². The van der Waals surface area contributed by atoms with Gasteiger partial charge in [0.2, 0.25) is 0 Å². The number of thioether (sulfide) groups is 1. The number of aryl methyl sites for hydroxylation is 1. The van der Waals surface area contributed by atoms with Crippen LogP contribution in [0.3, 0.4) is 0 Å². The van der Waals surface area contributed by atoms with E-state index in [0.29, 0.717) is 0 Å². The summed E-state index contributed by atoms with van der Waals surface area (Å²) in [5.74, 6) is 1.66. The highest BCUT2D eigenvalue weighted by Crippen LogP contribution is 2.63. The first-order chi connectivity index (χ1) is 11.8. The van der Waals surface area contributed by atoms with Gasteiger partial charge < -0.3 is 0 Å². The lowest BCUT2D eigenvalue weighted by atomic mass is 9.92. The Morgan fingerprint density at radius 2 is 1.54 bits per heavy atom. The van der Waals surface area contributed by atoms with Crippen LogP contribution in [0.25, 0.3) is 5.57 Å². The summed E-state index contributed by atoms with van der Waals surface area (Å²) < 4.78 is 0. The Morgan fingerprint density at radius 1 is 0.958 bits per heavy atom.